The first-order valence-corrected chi connectivity index (χ1v) is 7.80. The molecule has 4 N–H and O–H groups in total. The van der Waals surface area contributed by atoms with E-state index in [0.29, 0.717) is 11.7 Å². The van der Waals surface area contributed by atoms with Crippen molar-refractivity contribution < 1.29 is 9.53 Å². The average Bonchev–Trinajstić information content (AvgIpc) is 2.41. The highest BCUT2D eigenvalue weighted by Crippen LogP contribution is 2.24. The molecule has 0 aromatic carbocycles. The van der Waals surface area contributed by atoms with Gasteiger partial charge < -0.3 is 21.1 Å². The van der Waals surface area contributed by atoms with Crippen LogP contribution >= 0.6 is 0 Å². The molecule has 0 saturated heterocycles. The topological polar surface area (TPSA) is 89.3 Å². The predicted molar refractivity (Wildman–Crippen MR) is 87.7 cm³/mol. The van der Waals surface area contributed by atoms with E-state index in [1.807, 2.05) is 32.9 Å². The van der Waals surface area contributed by atoms with Crippen molar-refractivity contribution in [3.8, 4) is 0 Å². The van der Waals surface area contributed by atoms with E-state index in [9.17, 15) is 4.79 Å². The lowest BCUT2D eigenvalue weighted by atomic mass is 9.91. The van der Waals surface area contributed by atoms with Crippen LogP contribution in [-0.4, -0.2) is 28.8 Å². The molecule has 1 aromatic heterocycles. The molecule has 1 aliphatic carbocycles. The normalized spacial score (nSPS) is 22.0. The monoisotopic (exact) mass is 306 g/mol. The number of hydrogen-bond donors (Lipinski definition) is 3. The minimum Gasteiger partial charge on any atom is -0.444 e. The van der Waals surface area contributed by atoms with E-state index in [1.165, 1.54) is 0 Å². The summed E-state index contributed by atoms with van der Waals surface area (Å²) >= 11 is 0. The lowest BCUT2D eigenvalue weighted by Crippen LogP contribution is -2.42. The fourth-order valence-corrected chi connectivity index (χ4v) is 2.59. The smallest absolute Gasteiger partial charge is 0.407 e. The molecule has 2 rings (SSSR count). The van der Waals surface area contributed by atoms with Crippen molar-refractivity contribution in [2.24, 2.45) is 0 Å². The molecule has 1 amide bonds. The molecule has 1 aromatic rings. The Kier molecular flexibility index (Phi) is 5.11. The Balaban J connectivity index is 1.76. The number of nitrogen functional groups attached to an aromatic ring is 1. The maximum absolute atomic E-state index is 11.8. The standard InChI is InChI=1S/C16H26N4O2/c1-16(2,3)22-15(21)20-12-8-6-11(7-9-12)19-14-13(17)5-4-10-18-14/h4-5,10-12H,6-9,17H2,1-3H3,(H,18,19)(H,20,21)/t11-,12-. The lowest BCUT2D eigenvalue weighted by Gasteiger charge is -2.31. The molecule has 1 heterocycles. The summed E-state index contributed by atoms with van der Waals surface area (Å²) in [6, 6.07) is 4.18. The van der Waals surface area contributed by atoms with Crippen molar-refractivity contribution >= 4 is 17.6 Å². The number of nitrogens with one attached hydrogen (secondary N) is 2. The van der Waals surface area contributed by atoms with Gasteiger partial charge in [-0.2, -0.15) is 0 Å². The van der Waals surface area contributed by atoms with Crippen LogP contribution in [0.3, 0.4) is 0 Å². The first kappa shape index (κ1) is 16.4. The fraction of sp³-hybridized carbons (Fsp3) is 0.625. The third-order valence-corrected chi connectivity index (χ3v) is 3.63. The molecule has 122 valence electrons. The van der Waals surface area contributed by atoms with Crippen molar-refractivity contribution in [3.63, 3.8) is 0 Å². The maximum Gasteiger partial charge on any atom is 0.407 e. The predicted octanol–water partition coefficient (Wildman–Crippen LogP) is 2.91. The van der Waals surface area contributed by atoms with Gasteiger partial charge >= 0.3 is 6.09 Å². The molecule has 0 unspecified atom stereocenters. The van der Waals surface area contributed by atoms with E-state index >= 15 is 0 Å². The minimum absolute atomic E-state index is 0.175. The summed E-state index contributed by atoms with van der Waals surface area (Å²) in [5.74, 6) is 0.742. The number of rotatable bonds is 3. The third kappa shape index (κ3) is 5.09. The first-order chi connectivity index (χ1) is 10.3. The SMILES string of the molecule is CC(C)(C)OC(=O)N[C@H]1CC[C@H](Nc2ncccc2N)CC1. The van der Waals surface area contributed by atoms with Crippen molar-refractivity contribution in [1.29, 1.82) is 0 Å². The van der Waals surface area contributed by atoms with Gasteiger partial charge in [0, 0.05) is 18.3 Å². The summed E-state index contributed by atoms with van der Waals surface area (Å²) in [7, 11) is 0. The van der Waals surface area contributed by atoms with Gasteiger partial charge in [0.2, 0.25) is 0 Å². The highest BCUT2D eigenvalue weighted by Gasteiger charge is 2.25. The summed E-state index contributed by atoms with van der Waals surface area (Å²) in [5, 5.41) is 6.32. The minimum atomic E-state index is -0.459. The summed E-state index contributed by atoms with van der Waals surface area (Å²) in [4.78, 5) is 16.0. The van der Waals surface area contributed by atoms with Crippen LogP contribution in [0.4, 0.5) is 16.3 Å². The van der Waals surface area contributed by atoms with Gasteiger partial charge in [0.05, 0.1) is 5.69 Å². The molecule has 0 radical (unpaired) electrons. The van der Waals surface area contributed by atoms with Crippen molar-refractivity contribution in [3.05, 3.63) is 18.3 Å². The number of alkyl carbamates (subject to hydrolysis) is 1. The Morgan fingerprint density at radius 2 is 1.91 bits per heavy atom. The molecule has 0 atom stereocenters. The molecule has 0 aliphatic heterocycles. The number of nitrogens with two attached hydrogens (primary N) is 1. The van der Waals surface area contributed by atoms with Crippen LogP contribution in [0.2, 0.25) is 0 Å². The van der Waals surface area contributed by atoms with Gasteiger partial charge in [-0.3, -0.25) is 0 Å². The maximum atomic E-state index is 11.8. The zero-order valence-electron chi connectivity index (χ0n) is 13.6. The lowest BCUT2D eigenvalue weighted by molar-refractivity contribution is 0.0492. The zero-order chi connectivity index (χ0) is 16.2. The number of aromatic nitrogens is 1. The number of nitrogens with zero attached hydrogens (tertiary/aromatic N) is 1. The van der Waals surface area contributed by atoms with Gasteiger partial charge in [-0.15, -0.1) is 0 Å². The second kappa shape index (κ2) is 6.85. The first-order valence-electron chi connectivity index (χ1n) is 7.80. The molecule has 1 fully saturated rings. The Morgan fingerprint density at radius 1 is 1.27 bits per heavy atom. The van der Waals surface area contributed by atoms with Gasteiger partial charge in [-0.05, 0) is 58.6 Å². The molecule has 6 heteroatoms. The van der Waals surface area contributed by atoms with Crippen molar-refractivity contribution in [2.75, 3.05) is 11.1 Å². The molecule has 1 aliphatic rings. The fourth-order valence-electron chi connectivity index (χ4n) is 2.59. The van der Waals surface area contributed by atoms with E-state index in [1.54, 1.807) is 6.20 Å². The molecular weight excluding hydrogens is 280 g/mol. The molecule has 0 spiro atoms. The van der Waals surface area contributed by atoms with Crippen LogP contribution in [0.15, 0.2) is 18.3 Å². The van der Waals surface area contributed by atoms with Crippen LogP contribution in [0.25, 0.3) is 0 Å². The largest absolute Gasteiger partial charge is 0.444 e. The van der Waals surface area contributed by atoms with Crippen molar-refractivity contribution in [1.82, 2.24) is 10.3 Å². The third-order valence-electron chi connectivity index (χ3n) is 3.63. The van der Waals surface area contributed by atoms with Gasteiger partial charge in [-0.25, -0.2) is 9.78 Å². The number of ether oxygens (including phenoxy) is 1. The molecule has 1 saturated carbocycles. The Labute approximate surface area is 131 Å². The van der Waals surface area contributed by atoms with E-state index in [0.717, 1.165) is 31.5 Å². The van der Waals surface area contributed by atoms with E-state index in [4.69, 9.17) is 10.5 Å². The second-order valence-corrected chi connectivity index (χ2v) is 6.78. The van der Waals surface area contributed by atoms with Crippen LogP contribution in [-0.2, 0) is 4.74 Å². The van der Waals surface area contributed by atoms with Crippen molar-refractivity contribution in [2.45, 2.75) is 64.1 Å². The van der Waals surface area contributed by atoms with Crippen LogP contribution in [0.5, 0.6) is 0 Å². The van der Waals surface area contributed by atoms with Gasteiger partial charge in [0.1, 0.15) is 11.4 Å². The van der Waals surface area contributed by atoms with Gasteiger partial charge in [0.25, 0.3) is 0 Å². The number of carbonyl (C=O) groups excluding carboxylic acids is 1. The average molecular weight is 306 g/mol. The Hall–Kier alpha value is -1.98. The summed E-state index contributed by atoms with van der Waals surface area (Å²) in [5.41, 5.74) is 6.10. The number of amides is 1. The van der Waals surface area contributed by atoms with Crippen LogP contribution < -0.4 is 16.4 Å². The summed E-state index contributed by atoms with van der Waals surface area (Å²) < 4.78 is 5.29. The highest BCUT2D eigenvalue weighted by atomic mass is 16.6. The van der Waals surface area contributed by atoms with E-state index in [-0.39, 0.29) is 12.1 Å². The van der Waals surface area contributed by atoms with Crippen LogP contribution in [0.1, 0.15) is 46.5 Å². The van der Waals surface area contributed by atoms with E-state index in [2.05, 4.69) is 15.6 Å². The van der Waals surface area contributed by atoms with Gasteiger partial charge in [0.15, 0.2) is 0 Å². The van der Waals surface area contributed by atoms with E-state index < -0.39 is 5.60 Å². The van der Waals surface area contributed by atoms with Gasteiger partial charge in [-0.1, -0.05) is 0 Å². The summed E-state index contributed by atoms with van der Waals surface area (Å²) in [6.45, 7) is 5.60. The Morgan fingerprint density at radius 3 is 2.50 bits per heavy atom. The highest BCUT2D eigenvalue weighted by molar-refractivity contribution is 5.68. The number of pyridine rings is 1. The number of hydrogen-bond acceptors (Lipinski definition) is 5. The molecule has 0 bridgehead atoms. The summed E-state index contributed by atoms with van der Waals surface area (Å²) in [6.07, 6.45) is 5.17. The number of anilines is 2. The molecular formula is C16H26N4O2. The molecule has 6 nitrogen and oxygen atoms in total. The Bertz CT molecular complexity index is 505. The zero-order valence-corrected chi connectivity index (χ0v) is 13.6. The quantitative estimate of drug-likeness (QED) is 0.799. The second-order valence-electron chi connectivity index (χ2n) is 6.78. The molecule has 22 heavy (non-hydrogen) atoms. The van der Waals surface area contributed by atoms with Crippen LogP contribution in [0, 0.1) is 0 Å². The number of carbonyl (C=O) groups is 1.